The molecule has 3 rings (SSSR count). The van der Waals surface area contributed by atoms with Gasteiger partial charge in [0.2, 0.25) is 18.0 Å². The summed E-state index contributed by atoms with van der Waals surface area (Å²) in [6.07, 6.45) is -0.710. The molecule has 0 saturated carbocycles. The summed E-state index contributed by atoms with van der Waals surface area (Å²) in [7, 11) is 0. The molecule has 1 unspecified atom stereocenters. The number of hydrazone groups is 1. The molecule has 0 aromatic heterocycles. The van der Waals surface area contributed by atoms with E-state index in [1.807, 2.05) is 0 Å². The zero-order chi connectivity index (χ0) is 19.4. The average Bonchev–Trinajstić information content (AvgIpc) is 3.06. The standard InChI is InChI=1S/C19H17ClN2O5/c1-12(23)22-19(14-3-7-17(8-4-14)26-13(2)24)27-18(21-22)11-25-16-9-5-15(20)6-10-16/h3-10,19H,11H2,1-2H3. The first-order valence-corrected chi connectivity index (χ1v) is 8.51. The van der Waals surface area contributed by atoms with Crippen LogP contribution in [-0.2, 0) is 14.3 Å². The lowest BCUT2D eigenvalue weighted by molar-refractivity contribution is -0.135. The minimum absolute atomic E-state index is 0.0629. The SMILES string of the molecule is CC(=O)Oc1ccc(C2OC(COc3ccc(Cl)cc3)=NN2C(C)=O)cc1. The first-order valence-electron chi connectivity index (χ1n) is 8.13. The molecule has 0 spiro atoms. The van der Waals surface area contributed by atoms with Crippen LogP contribution in [0.4, 0.5) is 0 Å². The van der Waals surface area contributed by atoms with E-state index in [9.17, 15) is 9.59 Å². The molecular formula is C19H17ClN2O5. The summed E-state index contributed by atoms with van der Waals surface area (Å²) in [5.41, 5.74) is 0.686. The van der Waals surface area contributed by atoms with Crippen LogP contribution in [0.25, 0.3) is 0 Å². The number of esters is 1. The van der Waals surface area contributed by atoms with Gasteiger partial charge in [0.15, 0.2) is 6.61 Å². The van der Waals surface area contributed by atoms with Gasteiger partial charge in [0, 0.05) is 24.4 Å². The van der Waals surface area contributed by atoms with Crippen molar-refractivity contribution in [1.29, 1.82) is 0 Å². The van der Waals surface area contributed by atoms with Crippen molar-refractivity contribution in [2.24, 2.45) is 5.10 Å². The van der Waals surface area contributed by atoms with Crippen molar-refractivity contribution in [2.75, 3.05) is 6.61 Å². The second kappa shape index (κ2) is 8.09. The number of hydrogen-bond donors (Lipinski definition) is 0. The van der Waals surface area contributed by atoms with Crippen LogP contribution < -0.4 is 9.47 Å². The van der Waals surface area contributed by atoms with Gasteiger partial charge in [-0.15, -0.1) is 5.10 Å². The average molecular weight is 389 g/mol. The molecule has 1 aliphatic heterocycles. The van der Waals surface area contributed by atoms with Gasteiger partial charge in [-0.3, -0.25) is 9.59 Å². The van der Waals surface area contributed by atoms with Crippen LogP contribution in [0.3, 0.4) is 0 Å². The molecule has 1 atom stereocenters. The summed E-state index contributed by atoms with van der Waals surface area (Å²) < 4.78 is 16.4. The van der Waals surface area contributed by atoms with Crippen LogP contribution in [0.5, 0.6) is 11.5 Å². The molecule has 2 aromatic rings. The molecule has 0 saturated heterocycles. The number of carbonyl (C=O) groups excluding carboxylic acids is 2. The van der Waals surface area contributed by atoms with Crippen molar-refractivity contribution in [3.05, 3.63) is 59.1 Å². The molecule has 0 N–H and O–H groups in total. The second-order valence-corrected chi connectivity index (χ2v) is 6.17. The molecule has 140 valence electrons. The molecule has 0 fully saturated rings. The summed E-state index contributed by atoms with van der Waals surface area (Å²) in [5.74, 6) is 0.607. The fourth-order valence-electron chi connectivity index (χ4n) is 2.42. The third-order valence-corrected chi connectivity index (χ3v) is 3.87. The van der Waals surface area contributed by atoms with E-state index >= 15 is 0 Å². The van der Waals surface area contributed by atoms with Gasteiger partial charge >= 0.3 is 5.97 Å². The van der Waals surface area contributed by atoms with Crippen LogP contribution in [0, 0.1) is 0 Å². The summed E-state index contributed by atoms with van der Waals surface area (Å²) >= 11 is 5.84. The van der Waals surface area contributed by atoms with E-state index in [1.54, 1.807) is 48.5 Å². The lowest BCUT2D eigenvalue weighted by Crippen LogP contribution is -2.25. The van der Waals surface area contributed by atoms with Crippen molar-refractivity contribution >= 4 is 29.4 Å². The zero-order valence-electron chi connectivity index (χ0n) is 14.7. The lowest BCUT2D eigenvalue weighted by atomic mass is 10.2. The van der Waals surface area contributed by atoms with E-state index in [0.29, 0.717) is 22.1 Å². The van der Waals surface area contributed by atoms with Crippen molar-refractivity contribution in [3.63, 3.8) is 0 Å². The van der Waals surface area contributed by atoms with E-state index in [4.69, 9.17) is 25.8 Å². The van der Waals surface area contributed by atoms with Crippen LogP contribution in [0.1, 0.15) is 25.6 Å². The molecule has 0 bridgehead atoms. The highest BCUT2D eigenvalue weighted by Crippen LogP contribution is 2.29. The molecule has 7 nitrogen and oxygen atoms in total. The van der Waals surface area contributed by atoms with Gasteiger partial charge in [-0.05, 0) is 48.5 Å². The molecule has 0 aliphatic carbocycles. The number of ether oxygens (including phenoxy) is 3. The highest BCUT2D eigenvalue weighted by molar-refractivity contribution is 6.30. The van der Waals surface area contributed by atoms with Gasteiger partial charge in [0.1, 0.15) is 11.5 Å². The van der Waals surface area contributed by atoms with Gasteiger partial charge < -0.3 is 14.2 Å². The number of rotatable bonds is 5. The quantitative estimate of drug-likeness (QED) is 0.578. The number of carbonyl (C=O) groups is 2. The molecule has 1 aliphatic rings. The molecule has 0 radical (unpaired) electrons. The first-order chi connectivity index (χ1) is 12.9. The predicted octanol–water partition coefficient (Wildman–Crippen LogP) is 3.54. The largest absolute Gasteiger partial charge is 0.484 e. The second-order valence-electron chi connectivity index (χ2n) is 5.73. The van der Waals surface area contributed by atoms with Crippen molar-refractivity contribution in [2.45, 2.75) is 20.1 Å². The predicted molar refractivity (Wildman–Crippen MR) is 98.5 cm³/mol. The van der Waals surface area contributed by atoms with Crippen molar-refractivity contribution in [1.82, 2.24) is 5.01 Å². The van der Waals surface area contributed by atoms with E-state index in [2.05, 4.69) is 5.10 Å². The zero-order valence-corrected chi connectivity index (χ0v) is 15.5. The minimum atomic E-state index is -0.710. The highest BCUT2D eigenvalue weighted by Gasteiger charge is 2.32. The summed E-state index contributed by atoms with van der Waals surface area (Å²) in [6.45, 7) is 2.79. The number of benzene rings is 2. The summed E-state index contributed by atoms with van der Waals surface area (Å²) in [5, 5.41) is 6.04. The van der Waals surface area contributed by atoms with E-state index in [-0.39, 0.29) is 18.4 Å². The van der Waals surface area contributed by atoms with Crippen LogP contribution in [-0.4, -0.2) is 29.4 Å². The Kier molecular flexibility index (Phi) is 5.61. The highest BCUT2D eigenvalue weighted by atomic mass is 35.5. The van der Waals surface area contributed by atoms with Gasteiger partial charge in [-0.1, -0.05) is 11.6 Å². The van der Waals surface area contributed by atoms with E-state index < -0.39 is 12.2 Å². The maximum absolute atomic E-state index is 11.9. The number of hydrogen-bond acceptors (Lipinski definition) is 6. The van der Waals surface area contributed by atoms with E-state index in [0.717, 1.165) is 0 Å². The Hall–Kier alpha value is -3.06. The number of amides is 1. The Balaban J connectivity index is 1.69. The Labute approximate surface area is 161 Å². The van der Waals surface area contributed by atoms with E-state index in [1.165, 1.54) is 18.9 Å². The molecule has 2 aromatic carbocycles. The van der Waals surface area contributed by atoms with Gasteiger partial charge in [-0.25, -0.2) is 0 Å². The first kappa shape index (κ1) is 18.7. The molecule has 1 amide bonds. The number of halogens is 1. The molecule has 1 heterocycles. The molecular weight excluding hydrogens is 372 g/mol. The maximum atomic E-state index is 11.9. The monoisotopic (exact) mass is 388 g/mol. The van der Waals surface area contributed by atoms with Crippen LogP contribution in [0.2, 0.25) is 5.02 Å². The fourth-order valence-corrected chi connectivity index (χ4v) is 2.55. The number of nitrogens with zero attached hydrogens (tertiary/aromatic N) is 2. The lowest BCUT2D eigenvalue weighted by Gasteiger charge is -2.19. The smallest absolute Gasteiger partial charge is 0.308 e. The maximum Gasteiger partial charge on any atom is 0.308 e. The Bertz CT molecular complexity index is 865. The van der Waals surface area contributed by atoms with Crippen molar-refractivity contribution in [3.8, 4) is 11.5 Å². The van der Waals surface area contributed by atoms with Gasteiger partial charge in [-0.2, -0.15) is 5.01 Å². The van der Waals surface area contributed by atoms with Gasteiger partial charge in [0.05, 0.1) is 0 Å². The van der Waals surface area contributed by atoms with Crippen LogP contribution in [0.15, 0.2) is 53.6 Å². The third-order valence-electron chi connectivity index (χ3n) is 3.61. The van der Waals surface area contributed by atoms with Gasteiger partial charge in [0.25, 0.3) is 0 Å². The summed E-state index contributed by atoms with van der Waals surface area (Å²) in [6, 6.07) is 13.5. The third kappa shape index (κ3) is 4.77. The Morgan fingerprint density at radius 2 is 1.70 bits per heavy atom. The molecule has 8 heteroatoms. The molecule has 27 heavy (non-hydrogen) atoms. The minimum Gasteiger partial charge on any atom is -0.484 e. The Morgan fingerprint density at radius 1 is 1.07 bits per heavy atom. The Morgan fingerprint density at radius 3 is 2.30 bits per heavy atom. The summed E-state index contributed by atoms with van der Waals surface area (Å²) in [4.78, 5) is 22.9. The fraction of sp³-hybridized carbons (Fsp3) is 0.211. The van der Waals surface area contributed by atoms with Crippen molar-refractivity contribution < 1.29 is 23.8 Å². The topological polar surface area (TPSA) is 77.4 Å². The van der Waals surface area contributed by atoms with Crippen LogP contribution >= 0.6 is 11.6 Å². The normalized spacial score (nSPS) is 15.7.